The van der Waals surface area contributed by atoms with E-state index in [2.05, 4.69) is 25.7 Å². The molecule has 0 unspecified atom stereocenters. The number of methoxy groups -OCH3 is 2. The number of ether oxygens (including phenoxy) is 2. The maximum Gasteiger partial charge on any atom is 0.261 e. The van der Waals surface area contributed by atoms with Crippen molar-refractivity contribution in [3.63, 3.8) is 0 Å². The normalized spacial score (nSPS) is 11.3. The maximum atomic E-state index is 5.35. The van der Waals surface area contributed by atoms with Crippen molar-refractivity contribution in [3.05, 3.63) is 30.0 Å². The second-order valence-electron chi connectivity index (χ2n) is 4.96. The molecule has 0 saturated heterocycles. The number of nitrogens with zero attached hydrogens (tertiary/aromatic N) is 7. The summed E-state index contributed by atoms with van der Waals surface area (Å²) in [5.74, 6) is 2.44. The predicted molar refractivity (Wildman–Crippen MR) is 80.6 cm³/mol. The molecule has 0 bridgehead atoms. The molecule has 0 N–H and O–H groups in total. The van der Waals surface area contributed by atoms with Gasteiger partial charge in [-0.1, -0.05) is 5.10 Å². The summed E-state index contributed by atoms with van der Waals surface area (Å²) < 4.78 is 14.1. The summed E-state index contributed by atoms with van der Waals surface area (Å²) in [6, 6.07) is 7.43. The minimum absolute atomic E-state index is 0.551. The number of hydrogen-bond acceptors (Lipinski definition) is 7. The Hall–Kier alpha value is -3.23. The van der Waals surface area contributed by atoms with E-state index in [9.17, 15) is 0 Å². The van der Waals surface area contributed by atoms with Crippen LogP contribution in [0.5, 0.6) is 11.5 Å². The number of aromatic nitrogens is 7. The molecule has 0 aliphatic heterocycles. The topological polar surface area (TPSA) is 91.7 Å². The highest BCUT2D eigenvalue weighted by molar-refractivity contribution is 5.66. The van der Waals surface area contributed by atoms with Gasteiger partial charge < -0.3 is 9.47 Å². The summed E-state index contributed by atoms with van der Waals surface area (Å²) >= 11 is 0. The van der Waals surface area contributed by atoms with Crippen molar-refractivity contribution in [1.82, 2.24) is 34.6 Å². The maximum absolute atomic E-state index is 5.35. The molecular weight excluding hydrogens is 298 g/mol. The van der Waals surface area contributed by atoms with E-state index in [-0.39, 0.29) is 0 Å². The van der Waals surface area contributed by atoms with Crippen LogP contribution in [0.1, 0.15) is 5.69 Å². The SMILES string of the molecule is COc1ccc(-c2nnc3cc(C)n4nnnc4n23)cc1OC. The van der Waals surface area contributed by atoms with Crippen LogP contribution in [-0.2, 0) is 0 Å². The molecule has 0 spiro atoms. The van der Waals surface area contributed by atoms with Gasteiger partial charge in [0.05, 0.1) is 14.2 Å². The minimum atomic E-state index is 0.551. The van der Waals surface area contributed by atoms with Gasteiger partial charge in [0.2, 0.25) is 0 Å². The average Bonchev–Trinajstić information content (AvgIpc) is 3.20. The van der Waals surface area contributed by atoms with Gasteiger partial charge in [0.1, 0.15) is 0 Å². The number of fused-ring (bicyclic) bond motifs is 3. The van der Waals surface area contributed by atoms with Crippen LogP contribution < -0.4 is 9.47 Å². The molecule has 4 rings (SSSR count). The highest BCUT2D eigenvalue weighted by atomic mass is 16.5. The van der Waals surface area contributed by atoms with Crippen LogP contribution in [-0.4, -0.2) is 48.9 Å². The predicted octanol–water partition coefficient (Wildman–Crippen LogP) is 1.16. The highest BCUT2D eigenvalue weighted by Gasteiger charge is 2.16. The van der Waals surface area contributed by atoms with Crippen molar-refractivity contribution in [1.29, 1.82) is 0 Å². The van der Waals surface area contributed by atoms with E-state index < -0.39 is 0 Å². The smallest absolute Gasteiger partial charge is 0.261 e. The van der Waals surface area contributed by atoms with Crippen LogP contribution >= 0.6 is 0 Å². The Labute approximate surface area is 130 Å². The lowest BCUT2D eigenvalue weighted by atomic mass is 10.2. The second kappa shape index (κ2) is 4.90. The molecule has 0 atom stereocenters. The number of aryl methyl sites for hydroxylation is 1. The molecule has 0 saturated carbocycles. The Morgan fingerprint density at radius 1 is 0.957 bits per heavy atom. The van der Waals surface area contributed by atoms with Gasteiger partial charge in [-0.2, -0.15) is 4.52 Å². The van der Waals surface area contributed by atoms with E-state index in [1.165, 1.54) is 0 Å². The molecule has 0 aliphatic carbocycles. The molecule has 9 nitrogen and oxygen atoms in total. The van der Waals surface area contributed by atoms with Crippen LogP contribution in [0.25, 0.3) is 22.8 Å². The lowest BCUT2D eigenvalue weighted by Crippen LogP contribution is -2.01. The summed E-state index contributed by atoms with van der Waals surface area (Å²) in [4.78, 5) is 0. The van der Waals surface area contributed by atoms with E-state index in [1.54, 1.807) is 23.1 Å². The van der Waals surface area contributed by atoms with Crippen LogP contribution in [0.4, 0.5) is 0 Å². The largest absolute Gasteiger partial charge is 0.493 e. The van der Waals surface area contributed by atoms with E-state index in [1.807, 2.05) is 31.2 Å². The fourth-order valence-corrected chi connectivity index (χ4v) is 2.55. The Morgan fingerprint density at radius 2 is 1.78 bits per heavy atom. The standard InChI is InChI=1S/C14H13N7O2/c1-8-6-12-15-16-13(20(12)14-17-18-19-21(8)14)9-4-5-10(22-2)11(7-9)23-3/h4-7H,1-3H3. The van der Waals surface area contributed by atoms with Crippen LogP contribution in [0.15, 0.2) is 24.3 Å². The summed E-state index contributed by atoms with van der Waals surface area (Å²) in [7, 11) is 3.19. The van der Waals surface area contributed by atoms with Crippen molar-refractivity contribution in [2.24, 2.45) is 0 Å². The molecule has 0 aliphatic rings. The lowest BCUT2D eigenvalue weighted by molar-refractivity contribution is 0.355. The fourth-order valence-electron chi connectivity index (χ4n) is 2.55. The minimum Gasteiger partial charge on any atom is -0.493 e. The van der Waals surface area contributed by atoms with Crippen molar-refractivity contribution < 1.29 is 9.47 Å². The third-order valence-electron chi connectivity index (χ3n) is 3.65. The molecule has 3 heterocycles. The van der Waals surface area contributed by atoms with Gasteiger partial charge in [0.25, 0.3) is 5.78 Å². The van der Waals surface area contributed by atoms with Crippen LogP contribution in [0, 0.1) is 6.92 Å². The lowest BCUT2D eigenvalue weighted by Gasteiger charge is -2.09. The first-order valence-corrected chi connectivity index (χ1v) is 6.88. The molecule has 3 aromatic heterocycles. The molecule has 1 aromatic carbocycles. The first kappa shape index (κ1) is 13.4. The molecule has 0 radical (unpaired) electrons. The first-order chi connectivity index (χ1) is 11.2. The summed E-state index contributed by atoms with van der Waals surface area (Å²) in [6.45, 7) is 1.91. The summed E-state index contributed by atoms with van der Waals surface area (Å²) in [5, 5.41) is 20.3. The molecule has 23 heavy (non-hydrogen) atoms. The highest BCUT2D eigenvalue weighted by Crippen LogP contribution is 2.32. The van der Waals surface area contributed by atoms with Gasteiger partial charge in [-0.25, -0.2) is 4.40 Å². The van der Waals surface area contributed by atoms with Gasteiger partial charge in [-0.15, -0.1) is 10.2 Å². The number of hydrogen-bond donors (Lipinski definition) is 0. The number of tetrazole rings is 1. The zero-order valence-corrected chi connectivity index (χ0v) is 12.8. The van der Waals surface area contributed by atoms with Gasteiger partial charge >= 0.3 is 0 Å². The summed E-state index contributed by atoms with van der Waals surface area (Å²) in [5.41, 5.74) is 2.38. The number of rotatable bonds is 3. The van der Waals surface area contributed by atoms with Crippen molar-refractivity contribution in [3.8, 4) is 22.9 Å². The third kappa shape index (κ3) is 1.90. The molecule has 9 heteroatoms. The quantitative estimate of drug-likeness (QED) is 0.560. The Morgan fingerprint density at radius 3 is 2.57 bits per heavy atom. The van der Waals surface area contributed by atoms with Crippen molar-refractivity contribution >= 4 is 11.4 Å². The molecular formula is C14H13N7O2. The van der Waals surface area contributed by atoms with E-state index in [4.69, 9.17) is 9.47 Å². The molecule has 0 fully saturated rings. The molecule has 116 valence electrons. The van der Waals surface area contributed by atoms with E-state index >= 15 is 0 Å². The zero-order chi connectivity index (χ0) is 16.0. The third-order valence-corrected chi connectivity index (χ3v) is 3.65. The molecule has 4 aromatic rings. The average molecular weight is 311 g/mol. The fraction of sp³-hybridized carbons (Fsp3) is 0.214. The van der Waals surface area contributed by atoms with E-state index in [0.29, 0.717) is 28.7 Å². The Bertz CT molecular complexity index is 1020. The van der Waals surface area contributed by atoms with Gasteiger partial charge in [-0.05, 0) is 35.5 Å². The molecule has 0 amide bonds. The zero-order valence-electron chi connectivity index (χ0n) is 12.8. The summed E-state index contributed by atoms with van der Waals surface area (Å²) in [6.07, 6.45) is 0. The van der Waals surface area contributed by atoms with Crippen molar-refractivity contribution in [2.45, 2.75) is 6.92 Å². The Balaban J connectivity index is 2.01. The van der Waals surface area contributed by atoms with Gasteiger partial charge in [0.15, 0.2) is 23.0 Å². The second-order valence-corrected chi connectivity index (χ2v) is 4.96. The Kier molecular flexibility index (Phi) is 2.86. The van der Waals surface area contributed by atoms with E-state index in [0.717, 1.165) is 11.3 Å². The van der Waals surface area contributed by atoms with Crippen molar-refractivity contribution in [2.75, 3.05) is 14.2 Å². The van der Waals surface area contributed by atoms with Gasteiger partial charge in [0, 0.05) is 17.3 Å². The van der Waals surface area contributed by atoms with Gasteiger partial charge in [-0.3, -0.25) is 0 Å². The number of benzene rings is 1. The van der Waals surface area contributed by atoms with Crippen LogP contribution in [0.2, 0.25) is 0 Å². The monoisotopic (exact) mass is 311 g/mol. The first-order valence-electron chi connectivity index (χ1n) is 6.88. The van der Waals surface area contributed by atoms with Crippen LogP contribution in [0.3, 0.4) is 0 Å².